The molecular formula is C19H18F2N4O5S. The maximum atomic E-state index is 14.2. The molecule has 2 aromatic rings. The number of ether oxygens (including phenoxy) is 1. The summed E-state index contributed by atoms with van der Waals surface area (Å²) in [6.07, 6.45) is -4.97. The van der Waals surface area contributed by atoms with E-state index in [1.165, 1.54) is 11.8 Å². The number of benzene rings is 1. The third-order valence-electron chi connectivity index (χ3n) is 4.84. The largest absolute Gasteiger partial charge is 0.394 e. The summed E-state index contributed by atoms with van der Waals surface area (Å²) in [4.78, 5) is 29.3. The van der Waals surface area contributed by atoms with Gasteiger partial charge in [0.15, 0.2) is 6.10 Å². The highest BCUT2D eigenvalue weighted by Gasteiger charge is 2.59. The monoisotopic (exact) mass is 452 g/mol. The number of hydrogen-bond acceptors (Lipinski definition) is 8. The van der Waals surface area contributed by atoms with Gasteiger partial charge in [-0.2, -0.15) is 13.8 Å². The maximum absolute atomic E-state index is 14.2. The summed E-state index contributed by atoms with van der Waals surface area (Å²) in [5.74, 6) is -3.82. The van der Waals surface area contributed by atoms with E-state index >= 15 is 0 Å². The molecule has 3 atom stereocenters. The van der Waals surface area contributed by atoms with Gasteiger partial charge in [-0.25, -0.2) is 4.79 Å². The number of anilines is 2. The quantitative estimate of drug-likeness (QED) is 0.549. The first-order chi connectivity index (χ1) is 14.7. The second-order valence-electron chi connectivity index (χ2n) is 7.01. The second-order valence-corrected chi connectivity index (χ2v) is 8.03. The van der Waals surface area contributed by atoms with Gasteiger partial charge in [-0.05, 0) is 24.3 Å². The molecule has 0 aliphatic carbocycles. The van der Waals surface area contributed by atoms with Crippen LogP contribution in [0.1, 0.15) is 16.6 Å². The highest BCUT2D eigenvalue weighted by atomic mass is 32.2. The van der Waals surface area contributed by atoms with Crippen LogP contribution in [0.25, 0.3) is 0 Å². The van der Waals surface area contributed by atoms with E-state index in [4.69, 9.17) is 9.84 Å². The molecule has 2 aliphatic heterocycles. The normalized spacial score (nSPS) is 24.4. The van der Waals surface area contributed by atoms with Crippen molar-refractivity contribution in [2.24, 2.45) is 0 Å². The molecule has 1 aromatic carbocycles. The van der Waals surface area contributed by atoms with Crippen molar-refractivity contribution in [3.05, 3.63) is 58.8 Å². The van der Waals surface area contributed by atoms with Crippen molar-refractivity contribution in [3.8, 4) is 0 Å². The van der Waals surface area contributed by atoms with Crippen molar-refractivity contribution in [1.29, 1.82) is 0 Å². The summed E-state index contributed by atoms with van der Waals surface area (Å²) in [6, 6.07) is 6.16. The molecule has 0 radical (unpaired) electrons. The number of fused-ring (bicyclic) bond motifs is 1. The Bertz CT molecular complexity index is 1110. The van der Waals surface area contributed by atoms with Crippen LogP contribution >= 0.6 is 11.8 Å². The molecule has 9 nitrogen and oxygen atoms in total. The fourth-order valence-corrected chi connectivity index (χ4v) is 4.13. The molecule has 2 aliphatic rings. The molecule has 0 saturated carbocycles. The van der Waals surface area contributed by atoms with Crippen LogP contribution in [-0.4, -0.2) is 56.2 Å². The third kappa shape index (κ3) is 3.94. The van der Waals surface area contributed by atoms with Gasteiger partial charge in [0.05, 0.1) is 12.3 Å². The summed E-state index contributed by atoms with van der Waals surface area (Å²) in [6.45, 7) is 3.02. The number of halogens is 2. The number of nitrogens with one attached hydrogen (secondary N) is 2. The van der Waals surface area contributed by atoms with Gasteiger partial charge in [0.1, 0.15) is 11.9 Å². The topological polar surface area (TPSA) is 126 Å². The lowest BCUT2D eigenvalue weighted by Crippen LogP contribution is -2.41. The number of aromatic nitrogens is 2. The van der Waals surface area contributed by atoms with E-state index in [0.29, 0.717) is 15.9 Å². The number of thioether (sulfide) groups is 1. The zero-order chi connectivity index (χ0) is 22.3. The van der Waals surface area contributed by atoms with E-state index in [-0.39, 0.29) is 5.82 Å². The van der Waals surface area contributed by atoms with Crippen molar-refractivity contribution < 1.29 is 28.5 Å². The minimum atomic E-state index is -3.82. The highest BCUT2D eigenvalue weighted by Crippen LogP contribution is 2.42. The lowest BCUT2D eigenvalue weighted by molar-refractivity contribution is -0.140. The highest BCUT2D eigenvalue weighted by molar-refractivity contribution is 7.99. The number of amides is 1. The van der Waals surface area contributed by atoms with Gasteiger partial charge in [-0.3, -0.25) is 9.36 Å². The Morgan fingerprint density at radius 3 is 2.90 bits per heavy atom. The first-order valence-corrected chi connectivity index (χ1v) is 10.1. The Kier molecular flexibility index (Phi) is 5.56. The third-order valence-corrected chi connectivity index (χ3v) is 5.98. The SMILES string of the molecule is C=C1CSc2cc(C(=O)Nc3ccn(C4O[C@H](CO)[C@@H](O)C4(F)F)c(=O)n3)ccc2N1. The number of hydrogen-bond donors (Lipinski definition) is 4. The molecule has 12 heteroatoms. The zero-order valence-corrected chi connectivity index (χ0v) is 16.7. The second kappa shape index (κ2) is 8.04. The van der Waals surface area contributed by atoms with E-state index < -0.39 is 42.6 Å². The number of nitrogens with zero attached hydrogens (tertiary/aromatic N) is 2. The summed E-state index contributed by atoms with van der Waals surface area (Å²) < 4.78 is 33.9. The average molecular weight is 452 g/mol. The zero-order valence-electron chi connectivity index (χ0n) is 15.9. The van der Waals surface area contributed by atoms with Crippen LogP contribution in [0.3, 0.4) is 0 Å². The van der Waals surface area contributed by atoms with Crippen LogP contribution in [0.2, 0.25) is 0 Å². The molecule has 31 heavy (non-hydrogen) atoms. The fourth-order valence-electron chi connectivity index (χ4n) is 3.25. The van der Waals surface area contributed by atoms with Gasteiger partial charge < -0.3 is 25.6 Å². The van der Waals surface area contributed by atoms with Crippen molar-refractivity contribution >= 4 is 29.2 Å². The Hall–Kier alpha value is -2.80. The van der Waals surface area contributed by atoms with Gasteiger partial charge in [-0.15, -0.1) is 11.8 Å². The number of carbonyl (C=O) groups excluding carboxylic acids is 1. The average Bonchev–Trinajstić information content (AvgIpc) is 2.96. The van der Waals surface area contributed by atoms with Crippen molar-refractivity contribution in [2.75, 3.05) is 23.0 Å². The summed E-state index contributed by atoms with van der Waals surface area (Å²) >= 11 is 1.52. The molecule has 1 saturated heterocycles. The van der Waals surface area contributed by atoms with E-state index in [9.17, 15) is 23.5 Å². The van der Waals surface area contributed by atoms with Crippen LogP contribution in [0.5, 0.6) is 0 Å². The standard InChI is InChI=1S/C19H18F2N4O5S/c1-9-8-31-13-6-10(2-3-11(13)22-9)16(28)23-14-4-5-25(18(29)24-14)17-19(20,21)15(27)12(7-26)30-17/h2-6,12,15,17,22,26-27H,1,7-8H2,(H,23,24,28,29)/t12-,15-,17?/m1/s1. The van der Waals surface area contributed by atoms with E-state index in [1.54, 1.807) is 18.2 Å². The van der Waals surface area contributed by atoms with Crippen molar-refractivity contribution in [3.63, 3.8) is 0 Å². The predicted molar refractivity (Wildman–Crippen MR) is 108 cm³/mol. The van der Waals surface area contributed by atoms with Crippen LogP contribution in [-0.2, 0) is 4.74 Å². The van der Waals surface area contributed by atoms with Gasteiger partial charge in [0.25, 0.3) is 5.91 Å². The molecule has 4 rings (SSSR count). The summed E-state index contributed by atoms with van der Waals surface area (Å²) in [5.41, 5.74) is 0.900. The van der Waals surface area contributed by atoms with E-state index in [1.807, 2.05) is 0 Å². The molecule has 1 aromatic heterocycles. The molecule has 0 spiro atoms. The van der Waals surface area contributed by atoms with Crippen molar-refractivity contribution in [1.82, 2.24) is 9.55 Å². The van der Waals surface area contributed by atoms with E-state index in [0.717, 1.165) is 28.5 Å². The Labute approximate surface area is 178 Å². The van der Waals surface area contributed by atoms with Crippen LogP contribution in [0, 0.1) is 0 Å². The number of carbonyl (C=O) groups is 1. The Morgan fingerprint density at radius 1 is 1.45 bits per heavy atom. The lowest BCUT2D eigenvalue weighted by Gasteiger charge is -2.21. The van der Waals surface area contributed by atoms with Crippen molar-refractivity contribution in [2.45, 2.75) is 29.3 Å². The summed E-state index contributed by atoms with van der Waals surface area (Å²) in [7, 11) is 0. The smallest absolute Gasteiger partial charge is 0.351 e. The minimum Gasteiger partial charge on any atom is -0.394 e. The first-order valence-electron chi connectivity index (χ1n) is 9.15. The summed E-state index contributed by atoms with van der Waals surface area (Å²) in [5, 5.41) is 24.2. The lowest BCUT2D eigenvalue weighted by atomic mass is 10.1. The Morgan fingerprint density at radius 2 is 2.23 bits per heavy atom. The predicted octanol–water partition coefficient (Wildman–Crippen LogP) is 1.41. The molecule has 164 valence electrons. The first kappa shape index (κ1) is 21.4. The fraction of sp³-hybridized carbons (Fsp3) is 0.316. The molecular weight excluding hydrogens is 434 g/mol. The Balaban J connectivity index is 1.52. The molecule has 3 heterocycles. The van der Waals surface area contributed by atoms with Gasteiger partial charge in [0, 0.05) is 28.1 Å². The maximum Gasteiger partial charge on any atom is 0.351 e. The molecule has 0 bridgehead atoms. The van der Waals surface area contributed by atoms with Crippen LogP contribution in [0.15, 0.2) is 52.4 Å². The van der Waals surface area contributed by atoms with Gasteiger partial charge >= 0.3 is 11.6 Å². The number of alkyl halides is 2. The van der Waals surface area contributed by atoms with Gasteiger partial charge in [0.2, 0.25) is 6.23 Å². The number of aliphatic hydroxyl groups excluding tert-OH is 2. The van der Waals surface area contributed by atoms with Crippen LogP contribution in [0.4, 0.5) is 20.3 Å². The van der Waals surface area contributed by atoms with E-state index in [2.05, 4.69) is 22.2 Å². The molecule has 1 amide bonds. The number of rotatable bonds is 4. The van der Waals surface area contributed by atoms with Crippen LogP contribution < -0.4 is 16.3 Å². The molecule has 4 N–H and O–H groups in total. The molecule has 1 fully saturated rings. The minimum absolute atomic E-state index is 0.135. The molecule has 1 unspecified atom stereocenters. The van der Waals surface area contributed by atoms with Gasteiger partial charge in [-0.1, -0.05) is 6.58 Å². The number of aliphatic hydroxyl groups is 2.